The lowest BCUT2D eigenvalue weighted by Gasteiger charge is -2.32. The molecule has 3 heterocycles. The number of likely N-dealkylation sites (tertiary alicyclic amines) is 1. The third kappa shape index (κ3) is 5.09. The third-order valence-electron chi connectivity index (χ3n) is 5.24. The van der Waals surface area contributed by atoms with Crippen LogP contribution in [0.5, 0.6) is 5.75 Å². The molecule has 1 N–H and O–H groups in total. The summed E-state index contributed by atoms with van der Waals surface area (Å²) in [5.74, 6) is 0.323. The molecule has 1 unspecified atom stereocenters. The summed E-state index contributed by atoms with van der Waals surface area (Å²) in [5, 5.41) is 3.61. The zero-order valence-electron chi connectivity index (χ0n) is 17.2. The number of benzene rings is 1. The van der Waals surface area contributed by atoms with E-state index in [1.165, 1.54) is 6.07 Å². The normalized spacial score (nSPS) is 16.2. The maximum atomic E-state index is 12.6. The highest BCUT2D eigenvalue weighted by molar-refractivity contribution is 5.92. The first-order valence-electron chi connectivity index (χ1n) is 10.2. The molecule has 0 saturated carbocycles. The first-order valence-corrected chi connectivity index (χ1v) is 10.2. The lowest BCUT2D eigenvalue weighted by Crippen LogP contribution is -2.45. The minimum atomic E-state index is -0.445. The number of ether oxygens (including phenoxy) is 1. The van der Waals surface area contributed by atoms with E-state index in [4.69, 9.17) is 9.15 Å². The molecular weight excluding hydrogens is 398 g/mol. The molecule has 1 aliphatic rings. The predicted octanol–water partition coefficient (Wildman–Crippen LogP) is 2.75. The number of hydrogen-bond donors (Lipinski definition) is 1. The fourth-order valence-corrected chi connectivity index (χ4v) is 3.63. The Kier molecular flexibility index (Phi) is 5.97. The average molecular weight is 421 g/mol. The number of carbonyl (C=O) groups excluding carboxylic acids is 2. The van der Waals surface area contributed by atoms with Gasteiger partial charge in [0.1, 0.15) is 17.2 Å². The van der Waals surface area contributed by atoms with Gasteiger partial charge in [0, 0.05) is 36.3 Å². The quantitative estimate of drug-likeness (QED) is 0.636. The van der Waals surface area contributed by atoms with Gasteiger partial charge in [-0.1, -0.05) is 6.07 Å². The molecule has 8 nitrogen and oxygen atoms in total. The Hall–Kier alpha value is -3.68. The van der Waals surface area contributed by atoms with Crippen LogP contribution in [0.4, 0.5) is 5.82 Å². The summed E-state index contributed by atoms with van der Waals surface area (Å²) in [4.78, 5) is 42.6. The van der Waals surface area contributed by atoms with Crippen LogP contribution < -0.4 is 15.7 Å². The molecule has 3 aromatic rings. The number of amides is 2. The van der Waals surface area contributed by atoms with Crippen molar-refractivity contribution in [1.82, 2.24) is 9.88 Å². The van der Waals surface area contributed by atoms with Crippen LogP contribution in [-0.2, 0) is 9.59 Å². The second kappa shape index (κ2) is 8.99. The monoisotopic (exact) mass is 421 g/mol. The summed E-state index contributed by atoms with van der Waals surface area (Å²) in [6, 6.07) is 13.5. The lowest BCUT2D eigenvalue weighted by molar-refractivity contribution is -0.136. The third-order valence-corrected chi connectivity index (χ3v) is 5.24. The van der Waals surface area contributed by atoms with Crippen molar-refractivity contribution in [1.29, 1.82) is 0 Å². The van der Waals surface area contributed by atoms with Crippen LogP contribution in [0.2, 0.25) is 0 Å². The van der Waals surface area contributed by atoms with Gasteiger partial charge in [-0.05, 0) is 50.1 Å². The minimum absolute atomic E-state index is 0.138. The van der Waals surface area contributed by atoms with Crippen LogP contribution in [0.25, 0.3) is 11.0 Å². The molecule has 0 bridgehead atoms. The molecule has 0 radical (unpaired) electrons. The van der Waals surface area contributed by atoms with Gasteiger partial charge in [0.2, 0.25) is 5.91 Å². The Bertz CT molecular complexity index is 1170. The Morgan fingerprint density at radius 1 is 1.23 bits per heavy atom. The molecule has 1 aliphatic heterocycles. The molecule has 8 heteroatoms. The number of piperidine rings is 1. The van der Waals surface area contributed by atoms with Crippen molar-refractivity contribution >= 4 is 28.6 Å². The van der Waals surface area contributed by atoms with E-state index in [-0.39, 0.29) is 24.3 Å². The number of aromatic nitrogens is 1. The average Bonchev–Trinajstić information content (AvgIpc) is 2.77. The van der Waals surface area contributed by atoms with Gasteiger partial charge in [0.25, 0.3) is 5.91 Å². The molecule has 0 spiro atoms. The Labute approximate surface area is 178 Å². The number of anilines is 1. The largest absolute Gasteiger partial charge is 0.484 e. The molecule has 160 valence electrons. The Morgan fingerprint density at radius 3 is 2.90 bits per heavy atom. The molecule has 2 amide bonds. The number of rotatable bonds is 5. The summed E-state index contributed by atoms with van der Waals surface area (Å²) in [6.45, 7) is 2.63. The van der Waals surface area contributed by atoms with Crippen LogP contribution in [0, 0.1) is 12.8 Å². The van der Waals surface area contributed by atoms with Gasteiger partial charge in [0.15, 0.2) is 6.61 Å². The highest BCUT2D eigenvalue weighted by Crippen LogP contribution is 2.21. The van der Waals surface area contributed by atoms with E-state index < -0.39 is 5.63 Å². The molecule has 0 aliphatic carbocycles. The van der Waals surface area contributed by atoms with Crippen molar-refractivity contribution in [3.8, 4) is 5.75 Å². The zero-order valence-corrected chi connectivity index (χ0v) is 17.2. The van der Waals surface area contributed by atoms with Crippen LogP contribution in [0.3, 0.4) is 0 Å². The van der Waals surface area contributed by atoms with Gasteiger partial charge in [-0.2, -0.15) is 0 Å². The van der Waals surface area contributed by atoms with E-state index in [2.05, 4.69) is 10.3 Å². The second-order valence-electron chi connectivity index (χ2n) is 7.58. The summed E-state index contributed by atoms with van der Waals surface area (Å²) < 4.78 is 10.8. The number of nitrogens with one attached hydrogen (secondary N) is 1. The van der Waals surface area contributed by atoms with Crippen LogP contribution in [0.15, 0.2) is 57.7 Å². The number of nitrogens with zero attached hydrogens (tertiary/aromatic N) is 2. The van der Waals surface area contributed by atoms with E-state index in [1.54, 1.807) is 35.2 Å². The van der Waals surface area contributed by atoms with Gasteiger partial charge in [0.05, 0.1) is 5.92 Å². The van der Waals surface area contributed by atoms with Crippen molar-refractivity contribution in [3.63, 3.8) is 0 Å². The predicted molar refractivity (Wildman–Crippen MR) is 115 cm³/mol. The standard InChI is InChI=1S/C23H23N3O5/c1-15-4-2-6-20(24-15)25-23(29)17-5-3-11-26(13-17)21(27)14-30-18-9-7-16-8-10-22(28)31-19(16)12-18/h2,4,6-10,12,17H,3,5,11,13-14H2,1H3,(H,24,25,29). The number of pyridine rings is 1. The van der Waals surface area contributed by atoms with Gasteiger partial charge in [-0.3, -0.25) is 9.59 Å². The first kappa shape index (κ1) is 20.6. The summed E-state index contributed by atoms with van der Waals surface area (Å²) in [6.07, 6.45) is 1.46. The molecule has 1 atom stereocenters. The van der Waals surface area contributed by atoms with Gasteiger partial charge < -0.3 is 19.4 Å². The fraction of sp³-hybridized carbons (Fsp3) is 0.304. The van der Waals surface area contributed by atoms with Gasteiger partial charge in [-0.25, -0.2) is 9.78 Å². The van der Waals surface area contributed by atoms with Crippen molar-refractivity contribution in [2.24, 2.45) is 5.92 Å². The fourth-order valence-electron chi connectivity index (χ4n) is 3.63. The maximum Gasteiger partial charge on any atom is 0.336 e. The highest BCUT2D eigenvalue weighted by Gasteiger charge is 2.28. The molecular formula is C23H23N3O5. The topological polar surface area (TPSA) is 102 Å². The van der Waals surface area contributed by atoms with E-state index >= 15 is 0 Å². The smallest absolute Gasteiger partial charge is 0.336 e. The number of aryl methyl sites for hydroxylation is 1. The van der Waals surface area contributed by atoms with Gasteiger partial charge in [-0.15, -0.1) is 0 Å². The maximum absolute atomic E-state index is 12.6. The zero-order chi connectivity index (χ0) is 21.8. The summed E-state index contributed by atoms with van der Waals surface area (Å²) in [5.41, 5.74) is 0.777. The molecule has 4 rings (SSSR count). The summed E-state index contributed by atoms with van der Waals surface area (Å²) in [7, 11) is 0. The van der Waals surface area contributed by atoms with Crippen LogP contribution >= 0.6 is 0 Å². The van der Waals surface area contributed by atoms with Crippen molar-refractivity contribution in [2.75, 3.05) is 25.0 Å². The molecule has 1 fully saturated rings. The highest BCUT2D eigenvalue weighted by atomic mass is 16.5. The summed E-state index contributed by atoms with van der Waals surface area (Å²) >= 11 is 0. The molecule has 2 aromatic heterocycles. The first-order chi connectivity index (χ1) is 15.0. The Morgan fingerprint density at radius 2 is 2.06 bits per heavy atom. The van der Waals surface area contributed by atoms with Gasteiger partial charge >= 0.3 is 5.63 Å². The van der Waals surface area contributed by atoms with Crippen molar-refractivity contribution in [3.05, 3.63) is 64.6 Å². The van der Waals surface area contributed by atoms with Crippen LogP contribution in [-0.4, -0.2) is 41.4 Å². The number of fused-ring (bicyclic) bond motifs is 1. The number of hydrogen-bond acceptors (Lipinski definition) is 6. The van der Waals surface area contributed by atoms with E-state index in [1.807, 2.05) is 19.1 Å². The SMILES string of the molecule is Cc1cccc(NC(=O)C2CCCN(C(=O)COc3ccc4ccc(=O)oc4c3)C2)n1. The number of carbonyl (C=O) groups is 2. The molecule has 31 heavy (non-hydrogen) atoms. The van der Waals surface area contributed by atoms with Crippen molar-refractivity contribution < 1.29 is 18.7 Å². The molecule has 1 saturated heterocycles. The minimum Gasteiger partial charge on any atom is -0.484 e. The van der Waals surface area contributed by atoms with Crippen molar-refractivity contribution in [2.45, 2.75) is 19.8 Å². The van der Waals surface area contributed by atoms with E-state index in [9.17, 15) is 14.4 Å². The van der Waals surface area contributed by atoms with Crippen LogP contribution in [0.1, 0.15) is 18.5 Å². The molecule has 1 aromatic carbocycles. The lowest BCUT2D eigenvalue weighted by atomic mass is 9.97. The van der Waals surface area contributed by atoms with E-state index in [0.29, 0.717) is 36.7 Å². The Balaban J connectivity index is 1.34. The van der Waals surface area contributed by atoms with E-state index in [0.717, 1.165) is 17.5 Å². The second-order valence-corrected chi connectivity index (χ2v) is 7.58.